The molecule has 0 spiro atoms. The number of nitrogens with two attached hydrogens (primary N) is 4. The van der Waals surface area contributed by atoms with Crippen LogP contribution >= 0.6 is 0 Å². The Balaban J connectivity index is 2.96. The smallest absolute Gasteiger partial charge is 0.326 e. The summed E-state index contributed by atoms with van der Waals surface area (Å²) in [6, 6.07) is -4.78. The van der Waals surface area contributed by atoms with Gasteiger partial charge in [0, 0.05) is 13.1 Å². The average Bonchev–Trinajstić information content (AvgIpc) is 3.40. The van der Waals surface area contributed by atoms with Gasteiger partial charge in [0.15, 0.2) is 5.96 Å². The molecule has 0 aromatic rings. The van der Waals surface area contributed by atoms with Crippen molar-refractivity contribution in [2.45, 2.75) is 103 Å². The Kier molecular flexibility index (Phi) is 15.8. The molecule has 0 bridgehead atoms. The van der Waals surface area contributed by atoms with Gasteiger partial charge in [0.2, 0.25) is 23.6 Å². The lowest BCUT2D eigenvalue weighted by Crippen LogP contribution is -2.59. The molecule has 15 nitrogen and oxygen atoms in total. The number of aliphatic carboxylic acids is 1. The fourth-order valence-electron chi connectivity index (χ4n) is 4.73. The van der Waals surface area contributed by atoms with E-state index in [2.05, 4.69) is 20.9 Å². The maximum Gasteiger partial charge on any atom is 0.326 e. The van der Waals surface area contributed by atoms with Crippen molar-refractivity contribution in [3.8, 4) is 0 Å². The molecule has 12 N–H and O–H groups in total. The summed E-state index contributed by atoms with van der Waals surface area (Å²) in [7, 11) is 0. The van der Waals surface area contributed by atoms with Gasteiger partial charge in [-0.3, -0.25) is 24.2 Å². The Morgan fingerprint density at radius 3 is 2.10 bits per heavy atom. The molecule has 240 valence electrons. The number of rotatable bonds is 18. The molecule has 4 amide bonds. The number of nitrogens with zero attached hydrogens (tertiary/aromatic N) is 2. The SMILES string of the molecule is CC(C)C(NC(=O)C(CCCCN)NC(=O)C(NC(=O)C1CCCN1C(=O)C(N)CCCN=C(N)N)C(C)C)C(=O)O. The summed E-state index contributed by atoms with van der Waals surface area (Å²) < 4.78 is 0. The molecule has 0 aromatic heterocycles. The Hall–Kier alpha value is -3.46. The molecule has 42 heavy (non-hydrogen) atoms. The van der Waals surface area contributed by atoms with Crippen LogP contribution in [0.1, 0.15) is 72.6 Å². The molecule has 5 unspecified atom stereocenters. The van der Waals surface area contributed by atoms with Crippen LogP contribution in [0.5, 0.6) is 0 Å². The van der Waals surface area contributed by atoms with Crippen LogP contribution in [0, 0.1) is 11.8 Å². The third kappa shape index (κ3) is 11.8. The first-order valence-corrected chi connectivity index (χ1v) is 14.7. The van der Waals surface area contributed by atoms with Crippen LogP contribution in [-0.4, -0.2) is 95.4 Å². The van der Waals surface area contributed by atoms with Crippen molar-refractivity contribution in [2.75, 3.05) is 19.6 Å². The quantitative estimate of drug-likeness (QED) is 0.0506. The predicted molar refractivity (Wildman–Crippen MR) is 159 cm³/mol. The Morgan fingerprint density at radius 2 is 1.55 bits per heavy atom. The highest BCUT2D eigenvalue weighted by molar-refractivity contribution is 5.95. The number of guanidine groups is 1. The second kappa shape index (κ2) is 18.2. The molecular formula is C27H51N9O6. The van der Waals surface area contributed by atoms with Crippen LogP contribution in [0.3, 0.4) is 0 Å². The molecular weight excluding hydrogens is 546 g/mol. The molecule has 1 aliphatic heterocycles. The van der Waals surface area contributed by atoms with E-state index in [0.29, 0.717) is 58.2 Å². The highest BCUT2D eigenvalue weighted by Gasteiger charge is 2.38. The fraction of sp³-hybridized carbons (Fsp3) is 0.778. The Morgan fingerprint density at radius 1 is 0.905 bits per heavy atom. The average molecular weight is 598 g/mol. The maximum absolute atomic E-state index is 13.4. The molecule has 5 atom stereocenters. The minimum atomic E-state index is -1.18. The van der Waals surface area contributed by atoms with Gasteiger partial charge in [0.25, 0.3) is 0 Å². The molecule has 1 rings (SSSR count). The van der Waals surface area contributed by atoms with E-state index >= 15 is 0 Å². The van der Waals surface area contributed by atoms with Crippen molar-refractivity contribution >= 4 is 35.6 Å². The van der Waals surface area contributed by atoms with E-state index in [4.69, 9.17) is 22.9 Å². The number of carboxylic acid groups (broad SMARTS) is 1. The van der Waals surface area contributed by atoms with Crippen LogP contribution < -0.4 is 38.9 Å². The van der Waals surface area contributed by atoms with Gasteiger partial charge in [-0.1, -0.05) is 27.7 Å². The topological polar surface area (TPSA) is 261 Å². The zero-order chi connectivity index (χ0) is 32.0. The van der Waals surface area contributed by atoms with E-state index in [1.54, 1.807) is 27.7 Å². The van der Waals surface area contributed by atoms with E-state index in [1.165, 1.54) is 4.90 Å². The largest absolute Gasteiger partial charge is 0.480 e. The molecule has 0 radical (unpaired) electrons. The van der Waals surface area contributed by atoms with Crippen LogP contribution in [0.15, 0.2) is 4.99 Å². The van der Waals surface area contributed by atoms with E-state index in [9.17, 15) is 29.1 Å². The number of aliphatic imine (C=N–C) groups is 1. The molecule has 1 saturated heterocycles. The standard InChI is InChI=1S/C27H51N9O6/c1-15(2)20(24(39)33-18(10-5-6-12-28)22(37)35-21(16(3)4)26(41)42)34-23(38)19-11-8-14-36(19)25(40)17(29)9-7-13-32-27(30)31/h15-21H,5-14,28-29H2,1-4H3,(H,33,39)(H,34,38)(H,35,37)(H,41,42)(H4,30,31,32). The summed E-state index contributed by atoms with van der Waals surface area (Å²) in [4.78, 5) is 69.7. The van der Waals surface area contributed by atoms with Crippen molar-refractivity contribution in [2.24, 2.45) is 39.8 Å². The molecule has 0 saturated carbocycles. The first kappa shape index (κ1) is 36.6. The van der Waals surface area contributed by atoms with Crippen LogP contribution in [0.2, 0.25) is 0 Å². The summed E-state index contributed by atoms with van der Waals surface area (Å²) in [6.07, 6.45) is 3.23. The number of hydrogen-bond acceptors (Lipinski definition) is 8. The lowest BCUT2D eigenvalue weighted by molar-refractivity contribution is -0.143. The summed E-state index contributed by atoms with van der Waals surface area (Å²) in [6.45, 7) is 7.92. The lowest BCUT2D eigenvalue weighted by atomic mass is 10.00. The summed E-state index contributed by atoms with van der Waals surface area (Å²) in [5.74, 6) is -4.02. The van der Waals surface area contributed by atoms with Gasteiger partial charge in [0.1, 0.15) is 24.2 Å². The molecule has 15 heteroatoms. The van der Waals surface area contributed by atoms with E-state index in [1.807, 2.05) is 0 Å². The maximum atomic E-state index is 13.4. The van der Waals surface area contributed by atoms with Gasteiger partial charge >= 0.3 is 5.97 Å². The minimum absolute atomic E-state index is 0.0440. The number of carbonyl (C=O) groups is 5. The van der Waals surface area contributed by atoms with E-state index in [0.717, 1.165) is 0 Å². The highest BCUT2D eigenvalue weighted by Crippen LogP contribution is 2.20. The first-order valence-electron chi connectivity index (χ1n) is 14.7. The van der Waals surface area contributed by atoms with Crippen molar-refractivity contribution in [3.05, 3.63) is 0 Å². The number of likely N-dealkylation sites (tertiary alicyclic amines) is 1. The Bertz CT molecular complexity index is 954. The molecule has 1 aliphatic rings. The van der Waals surface area contributed by atoms with Gasteiger partial charge in [-0.25, -0.2) is 4.79 Å². The summed E-state index contributed by atoms with van der Waals surface area (Å²) >= 11 is 0. The van der Waals surface area contributed by atoms with Gasteiger partial charge in [-0.15, -0.1) is 0 Å². The van der Waals surface area contributed by atoms with Crippen LogP contribution in [0.25, 0.3) is 0 Å². The molecule has 1 heterocycles. The summed E-state index contributed by atoms with van der Waals surface area (Å²) in [5.41, 5.74) is 22.3. The molecule has 0 aliphatic carbocycles. The van der Waals surface area contributed by atoms with Gasteiger partial charge in [0.05, 0.1) is 6.04 Å². The van der Waals surface area contributed by atoms with Crippen molar-refractivity contribution in [1.82, 2.24) is 20.9 Å². The van der Waals surface area contributed by atoms with Gasteiger partial charge in [-0.05, 0) is 63.3 Å². The van der Waals surface area contributed by atoms with Crippen LogP contribution in [-0.2, 0) is 24.0 Å². The fourth-order valence-corrected chi connectivity index (χ4v) is 4.73. The highest BCUT2D eigenvalue weighted by atomic mass is 16.4. The van der Waals surface area contributed by atoms with Crippen molar-refractivity contribution < 1.29 is 29.1 Å². The lowest BCUT2D eigenvalue weighted by Gasteiger charge is -2.30. The molecule has 0 aromatic carbocycles. The third-order valence-electron chi connectivity index (χ3n) is 7.18. The van der Waals surface area contributed by atoms with Crippen molar-refractivity contribution in [1.29, 1.82) is 0 Å². The van der Waals surface area contributed by atoms with E-state index in [-0.39, 0.29) is 30.1 Å². The first-order chi connectivity index (χ1) is 19.7. The van der Waals surface area contributed by atoms with Crippen LogP contribution in [0.4, 0.5) is 0 Å². The van der Waals surface area contributed by atoms with Crippen molar-refractivity contribution in [3.63, 3.8) is 0 Å². The number of unbranched alkanes of at least 4 members (excludes halogenated alkanes) is 1. The number of carbonyl (C=O) groups excluding carboxylic acids is 4. The Labute approximate surface area is 247 Å². The third-order valence-corrected chi connectivity index (χ3v) is 7.18. The van der Waals surface area contributed by atoms with Gasteiger partial charge < -0.3 is 48.9 Å². The second-order valence-electron chi connectivity index (χ2n) is 11.4. The monoisotopic (exact) mass is 597 g/mol. The number of amides is 4. The number of nitrogens with one attached hydrogen (secondary N) is 3. The number of hydrogen-bond donors (Lipinski definition) is 8. The van der Waals surface area contributed by atoms with E-state index < -0.39 is 53.9 Å². The predicted octanol–water partition coefficient (Wildman–Crippen LogP) is -1.66. The minimum Gasteiger partial charge on any atom is -0.480 e. The molecule has 1 fully saturated rings. The van der Waals surface area contributed by atoms with Gasteiger partial charge in [-0.2, -0.15) is 0 Å². The number of carboxylic acids is 1. The second-order valence-corrected chi connectivity index (χ2v) is 11.4. The zero-order valence-electron chi connectivity index (χ0n) is 25.3. The normalized spacial score (nSPS) is 17.7. The zero-order valence-corrected chi connectivity index (χ0v) is 25.3. The summed E-state index contributed by atoms with van der Waals surface area (Å²) in [5, 5.41) is 17.4.